The number of nitro groups is 1. The van der Waals surface area contributed by atoms with Crippen molar-refractivity contribution in [1.29, 1.82) is 0 Å². The Hall–Kier alpha value is -3.30. The number of benzene rings is 1. The Morgan fingerprint density at radius 1 is 1.25 bits per heavy atom. The van der Waals surface area contributed by atoms with E-state index in [1.54, 1.807) is 6.92 Å². The van der Waals surface area contributed by atoms with Crippen LogP contribution < -0.4 is 0 Å². The van der Waals surface area contributed by atoms with E-state index in [0.717, 1.165) is 17.0 Å². The fourth-order valence-electron chi connectivity index (χ4n) is 3.43. The maximum absolute atomic E-state index is 12.6. The number of non-ortho nitro benzene ring substituents is 1. The normalized spacial score (nSPS) is 18.8. The van der Waals surface area contributed by atoms with Crippen LogP contribution >= 0.6 is 0 Å². The van der Waals surface area contributed by atoms with E-state index in [4.69, 9.17) is 4.74 Å². The van der Waals surface area contributed by atoms with Crippen LogP contribution in [-0.2, 0) is 14.3 Å². The molecule has 0 bridgehead atoms. The predicted molar refractivity (Wildman–Crippen MR) is 94.4 cm³/mol. The summed E-state index contributed by atoms with van der Waals surface area (Å²) in [4.78, 5) is 61.9. The zero-order valence-corrected chi connectivity index (χ0v) is 15.3. The summed E-state index contributed by atoms with van der Waals surface area (Å²) in [7, 11) is 0. The zero-order chi connectivity index (χ0) is 20.4. The Morgan fingerprint density at radius 2 is 1.96 bits per heavy atom. The molecule has 2 heterocycles. The summed E-state index contributed by atoms with van der Waals surface area (Å²) in [6.45, 7) is 2.08. The summed E-state index contributed by atoms with van der Waals surface area (Å²) < 4.78 is 5.00. The number of piperidine rings is 1. The standard InChI is InChI=1S/C18H19N3O7/c1-2-28-18(25)11-4-3-7-19(9-11)15(22)10-20-16(23)13-6-5-12(21(26)27)8-14(13)17(20)24/h5-6,8,11H,2-4,7,9-10H2,1H3. The second kappa shape index (κ2) is 7.75. The van der Waals surface area contributed by atoms with Gasteiger partial charge >= 0.3 is 5.97 Å². The molecule has 1 fully saturated rings. The molecular formula is C18H19N3O7. The lowest BCUT2D eigenvalue weighted by atomic mass is 9.98. The van der Waals surface area contributed by atoms with E-state index in [9.17, 15) is 29.3 Å². The molecule has 1 atom stereocenters. The fourth-order valence-corrected chi connectivity index (χ4v) is 3.43. The van der Waals surface area contributed by atoms with Crippen molar-refractivity contribution in [2.45, 2.75) is 19.8 Å². The van der Waals surface area contributed by atoms with Crippen LogP contribution in [0.15, 0.2) is 18.2 Å². The second-order valence-corrected chi connectivity index (χ2v) is 6.61. The monoisotopic (exact) mass is 389 g/mol. The van der Waals surface area contributed by atoms with Gasteiger partial charge in [-0.3, -0.25) is 34.2 Å². The minimum atomic E-state index is -0.740. The van der Waals surface area contributed by atoms with Gasteiger partial charge in [0.05, 0.1) is 28.6 Å². The third kappa shape index (κ3) is 3.57. The van der Waals surface area contributed by atoms with Crippen LogP contribution in [0.1, 0.15) is 40.5 Å². The first-order chi connectivity index (χ1) is 13.3. The molecule has 0 spiro atoms. The third-order valence-electron chi connectivity index (χ3n) is 4.85. The lowest BCUT2D eigenvalue weighted by molar-refractivity contribution is -0.384. The molecule has 2 aliphatic rings. The summed E-state index contributed by atoms with van der Waals surface area (Å²) in [6.07, 6.45) is 1.23. The van der Waals surface area contributed by atoms with Gasteiger partial charge in [0.2, 0.25) is 5.91 Å². The van der Waals surface area contributed by atoms with Gasteiger partial charge in [0.15, 0.2) is 0 Å². The van der Waals surface area contributed by atoms with Crippen LogP contribution in [0.3, 0.4) is 0 Å². The number of esters is 1. The van der Waals surface area contributed by atoms with Gasteiger partial charge in [-0.1, -0.05) is 0 Å². The van der Waals surface area contributed by atoms with Crippen LogP contribution in [0.4, 0.5) is 5.69 Å². The predicted octanol–water partition coefficient (Wildman–Crippen LogP) is 0.993. The van der Waals surface area contributed by atoms with Crippen molar-refractivity contribution in [3.63, 3.8) is 0 Å². The molecule has 2 aliphatic heterocycles. The highest BCUT2D eigenvalue weighted by atomic mass is 16.6. The quantitative estimate of drug-likeness (QED) is 0.318. The molecule has 0 aromatic heterocycles. The van der Waals surface area contributed by atoms with Crippen molar-refractivity contribution in [2.75, 3.05) is 26.2 Å². The lowest BCUT2D eigenvalue weighted by Crippen LogP contribution is -2.47. The highest BCUT2D eigenvalue weighted by Crippen LogP contribution is 2.27. The van der Waals surface area contributed by atoms with Crippen molar-refractivity contribution >= 4 is 29.4 Å². The molecule has 148 valence electrons. The number of nitro benzene ring substituents is 1. The highest BCUT2D eigenvalue weighted by molar-refractivity contribution is 6.22. The van der Waals surface area contributed by atoms with Crippen LogP contribution in [-0.4, -0.2) is 64.7 Å². The molecule has 0 saturated carbocycles. The lowest BCUT2D eigenvalue weighted by Gasteiger charge is -2.32. The number of carbonyl (C=O) groups excluding carboxylic acids is 4. The number of ether oxygens (including phenoxy) is 1. The van der Waals surface area contributed by atoms with Crippen molar-refractivity contribution in [3.8, 4) is 0 Å². The Labute approximate surface area is 160 Å². The van der Waals surface area contributed by atoms with E-state index in [-0.39, 0.29) is 35.9 Å². The van der Waals surface area contributed by atoms with Gasteiger partial charge in [0.25, 0.3) is 17.5 Å². The molecule has 0 aliphatic carbocycles. The van der Waals surface area contributed by atoms with Crippen LogP contribution in [0.5, 0.6) is 0 Å². The smallest absolute Gasteiger partial charge is 0.310 e. The summed E-state index contributed by atoms with van der Waals surface area (Å²) in [5, 5.41) is 10.9. The average molecular weight is 389 g/mol. The Balaban J connectivity index is 1.70. The first-order valence-corrected chi connectivity index (χ1v) is 8.92. The van der Waals surface area contributed by atoms with Gasteiger partial charge in [-0.05, 0) is 25.8 Å². The molecule has 10 heteroatoms. The number of carbonyl (C=O) groups is 4. The van der Waals surface area contributed by atoms with Gasteiger partial charge in [0, 0.05) is 25.2 Å². The van der Waals surface area contributed by atoms with Crippen LogP contribution in [0, 0.1) is 16.0 Å². The highest BCUT2D eigenvalue weighted by Gasteiger charge is 2.39. The number of imide groups is 1. The topological polar surface area (TPSA) is 127 Å². The van der Waals surface area contributed by atoms with Crippen LogP contribution in [0.25, 0.3) is 0 Å². The maximum Gasteiger partial charge on any atom is 0.310 e. The number of rotatable bonds is 5. The number of hydrogen-bond donors (Lipinski definition) is 0. The number of likely N-dealkylation sites (tertiary alicyclic amines) is 1. The molecular weight excluding hydrogens is 370 g/mol. The second-order valence-electron chi connectivity index (χ2n) is 6.61. The Kier molecular flexibility index (Phi) is 5.39. The molecule has 3 rings (SSSR count). The van der Waals surface area contributed by atoms with Crippen molar-refractivity contribution in [1.82, 2.24) is 9.80 Å². The number of fused-ring (bicyclic) bond motifs is 1. The average Bonchev–Trinajstić information content (AvgIpc) is 2.92. The van der Waals surface area contributed by atoms with E-state index in [0.29, 0.717) is 19.4 Å². The molecule has 1 unspecified atom stereocenters. The molecule has 0 radical (unpaired) electrons. The molecule has 3 amide bonds. The summed E-state index contributed by atoms with van der Waals surface area (Å²) in [6, 6.07) is 3.40. The Morgan fingerprint density at radius 3 is 2.64 bits per heavy atom. The maximum atomic E-state index is 12.6. The van der Waals surface area contributed by atoms with E-state index < -0.39 is 35.1 Å². The SMILES string of the molecule is CCOC(=O)C1CCCN(C(=O)CN2C(=O)c3ccc([N+](=O)[O-])cc3C2=O)C1. The summed E-state index contributed by atoms with van der Waals surface area (Å²) >= 11 is 0. The number of nitrogens with zero attached hydrogens (tertiary/aromatic N) is 3. The molecule has 28 heavy (non-hydrogen) atoms. The number of hydrogen-bond acceptors (Lipinski definition) is 7. The molecule has 10 nitrogen and oxygen atoms in total. The minimum absolute atomic E-state index is 0.0337. The molecule has 1 aromatic rings. The Bertz CT molecular complexity index is 867. The van der Waals surface area contributed by atoms with Gasteiger partial charge in [-0.15, -0.1) is 0 Å². The van der Waals surface area contributed by atoms with Crippen LogP contribution in [0.2, 0.25) is 0 Å². The first kappa shape index (κ1) is 19.5. The molecule has 1 aromatic carbocycles. The van der Waals surface area contributed by atoms with Crippen molar-refractivity contribution < 1.29 is 28.8 Å². The third-order valence-corrected chi connectivity index (χ3v) is 4.85. The summed E-state index contributed by atoms with van der Waals surface area (Å²) in [5.41, 5.74) is -0.358. The van der Waals surface area contributed by atoms with E-state index >= 15 is 0 Å². The van der Waals surface area contributed by atoms with Gasteiger partial charge < -0.3 is 9.64 Å². The molecule has 0 N–H and O–H groups in total. The largest absolute Gasteiger partial charge is 0.466 e. The minimum Gasteiger partial charge on any atom is -0.466 e. The summed E-state index contributed by atoms with van der Waals surface area (Å²) in [5.74, 6) is -2.66. The van der Waals surface area contributed by atoms with Crippen molar-refractivity contribution in [3.05, 3.63) is 39.4 Å². The van der Waals surface area contributed by atoms with E-state index in [1.165, 1.54) is 11.0 Å². The van der Waals surface area contributed by atoms with E-state index in [2.05, 4.69) is 0 Å². The van der Waals surface area contributed by atoms with Gasteiger partial charge in [-0.25, -0.2) is 0 Å². The first-order valence-electron chi connectivity index (χ1n) is 8.92. The van der Waals surface area contributed by atoms with Gasteiger partial charge in [-0.2, -0.15) is 0 Å². The fraction of sp³-hybridized carbons (Fsp3) is 0.444. The van der Waals surface area contributed by atoms with E-state index in [1.807, 2.05) is 0 Å². The number of amides is 3. The molecule has 1 saturated heterocycles. The van der Waals surface area contributed by atoms with Gasteiger partial charge in [0.1, 0.15) is 6.54 Å². The van der Waals surface area contributed by atoms with Crippen molar-refractivity contribution in [2.24, 2.45) is 5.92 Å². The zero-order valence-electron chi connectivity index (χ0n) is 15.3.